The molecule has 0 aliphatic heterocycles. The number of nitrogens with zero attached hydrogens (tertiary/aromatic N) is 1. The van der Waals surface area contributed by atoms with Crippen LogP contribution in [0.15, 0.2) is 54.7 Å². The lowest BCUT2D eigenvalue weighted by Crippen LogP contribution is -2.31. The molecule has 0 aliphatic carbocycles. The topological polar surface area (TPSA) is 77.1 Å². The van der Waals surface area contributed by atoms with Gasteiger partial charge in [0.15, 0.2) is 0 Å². The molecule has 1 atom stereocenters. The highest BCUT2D eigenvalue weighted by Crippen LogP contribution is 2.23. The minimum Gasteiger partial charge on any atom is -0.370 e. The molecule has 2 aromatic carbocycles. The zero-order valence-electron chi connectivity index (χ0n) is 13.7. The second-order valence-electron chi connectivity index (χ2n) is 5.92. The second-order valence-corrected chi connectivity index (χ2v) is 5.92. The lowest BCUT2D eigenvalue weighted by Gasteiger charge is -2.17. The summed E-state index contributed by atoms with van der Waals surface area (Å²) in [4.78, 5) is 24.1. The molecule has 128 valence electrons. The van der Waals surface area contributed by atoms with Crippen LogP contribution in [0.5, 0.6) is 0 Å². The van der Waals surface area contributed by atoms with Gasteiger partial charge in [0.2, 0.25) is 5.91 Å². The average molecular weight is 339 g/mol. The summed E-state index contributed by atoms with van der Waals surface area (Å²) >= 11 is 0. The third kappa shape index (κ3) is 3.52. The highest BCUT2D eigenvalue weighted by Gasteiger charge is 2.20. The highest BCUT2D eigenvalue weighted by atomic mass is 19.1. The van der Waals surface area contributed by atoms with E-state index in [1.165, 1.54) is 12.1 Å². The minimum atomic E-state index is -0.546. The van der Waals surface area contributed by atoms with Crippen molar-refractivity contribution in [1.82, 2.24) is 9.88 Å². The number of hydrogen-bond donors (Lipinski definition) is 2. The average Bonchev–Trinajstić information content (AvgIpc) is 2.91. The molecule has 25 heavy (non-hydrogen) atoms. The van der Waals surface area contributed by atoms with E-state index in [-0.39, 0.29) is 12.3 Å². The maximum absolute atomic E-state index is 13.6. The van der Waals surface area contributed by atoms with Crippen LogP contribution in [0.2, 0.25) is 0 Å². The Morgan fingerprint density at radius 1 is 1.20 bits per heavy atom. The van der Waals surface area contributed by atoms with Crippen LogP contribution in [-0.4, -0.2) is 16.4 Å². The Labute approximate surface area is 144 Å². The van der Waals surface area contributed by atoms with Crippen molar-refractivity contribution in [1.29, 1.82) is 0 Å². The SMILES string of the molecule is Cn1cc(C(=O)N[C@H](CC(N)=O)c2ccccc2)c2cc(F)ccc21. The summed E-state index contributed by atoms with van der Waals surface area (Å²) in [6, 6.07) is 12.9. The molecule has 0 saturated heterocycles. The summed E-state index contributed by atoms with van der Waals surface area (Å²) in [5.41, 5.74) is 7.19. The molecule has 3 rings (SSSR count). The van der Waals surface area contributed by atoms with Crippen molar-refractivity contribution in [2.24, 2.45) is 12.8 Å². The molecular formula is C19H18FN3O2. The third-order valence-electron chi connectivity index (χ3n) is 4.11. The van der Waals surface area contributed by atoms with Crippen LogP contribution < -0.4 is 11.1 Å². The van der Waals surface area contributed by atoms with E-state index in [0.29, 0.717) is 10.9 Å². The number of nitrogens with one attached hydrogen (secondary N) is 1. The molecule has 0 spiro atoms. The van der Waals surface area contributed by atoms with E-state index in [1.807, 2.05) is 30.3 Å². The van der Waals surface area contributed by atoms with Gasteiger partial charge in [0.25, 0.3) is 5.91 Å². The van der Waals surface area contributed by atoms with E-state index in [9.17, 15) is 14.0 Å². The molecule has 1 aromatic heterocycles. The first-order chi connectivity index (χ1) is 12.0. The van der Waals surface area contributed by atoms with Gasteiger partial charge in [0.1, 0.15) is 5.82 Å². The Bertz CT molecular complexity index is 934. The third-order valence-corrected chi connectivity index (χ3v) is 4.11. The fourth-order valence-corrected chi connectivity index (χ4v) is 2.92. The zero-order chi connectivity index (χ0) is 18.0. The predicted octanol–water partition coefficient (Wildman–Crippen LogP) is 2.66. The number of aromatic nitrogens is 1. The van der Waals surface area contributed by atoms with Crippen LogP contribution in [0.25, 0.3) is 10.9 Å². The largest absolute Gasteiger partial charge is 0.370 e. The lowest BCUT2D eigenvalue weighted by molar-refractivity contribution is -0.118. The summed E-state index contributed by atoms with van der Waals surface area (Å²) in [6.07, 6.45) is 1.63. The molecule has 3 aromatic rings. The molecule has 0 fully saturated rings. The smallest absolute Gasteiger partial charge is 0.253 e. The first-order valence-electron chi connectivity index (χ1n) is 7.84. The number of fused-ring (bicyclic) bond motifs is 1. The van der Waals surface area contributed by atoms with Crippen LogP contribution in [0.4, 0.5) is 4.39 Å². The highest BCUT2D eigenvalue weighted by molar-refractivity contribution is 6.07. The van der Waals surface area contributed by atoms with Gasteiger partial charge in [-0.25, -0.2) is 4.39 Å². The van der Waals surface area contributed by atoms with E-state index >= 15 is 0 Å². The summed E-state index contributed by atoms with van der Waals surface area (Å²) in [5.74, 6) is -1.31. The van der Waals surface area contributed by atoms with Crippen molar-refractivity contribution in [2.75, 3.05) is 0 Å². The molecular weight excluding hydrogens is 321 g/mol. The maximum atomic E-state index is 13.6. The summed E-state index contributed by atoms with van der Waals surface area (Å²) in [7, 11) is 1.79. The molecule has 0 unspecified atom stereocenters. The lowest BCUT2D eigenvalue weighted by atomic mass is 10.0. The fourth-order valence-electron chi connectivity index (χ4n) is 2.92. The van der Waals surface area contributed by atoms with Gasteiger partial charge < -0.3 is 15.6 Å². The van der Waals surface area contributed by atoms with Crippen LogP contribution in [0, 0.1) is 5.82 Å². The standard InChI is InChI=1S/C19H18FN3O2/c1-23-11-15(14-9-13(20)7-8-17(14)23)19(25)22-16(10-18(21)24)12-5-3-2-4-6-12/h2-9,11,16H,10H2,1H3,(H2,21,24)(H,22,25)/t16-/m1/s1. The predicted molar refractivity (Wildman–Crippen MR) is 93.3 cm³/mol. The number of rotatable bonds is 5. The summed E-state index contributed by atoms with van der Waals surface area (Å²) in [6.45, 7) is 0. The van der Waals surface area contributed by atoms with Crippen molar-refractivity contribution in [3.63, 3.8) is 0 Å². The first kappa shape index (κ1) is 16.7. The van der Waals surface area contributed by atoms with Gasteiger partial charge in [0, 0.05) is 24.1 Å². The van der Waals surface area contributed by atoms with E-state index in [0.717, 1.165) is 11.1 Å². The normalized spacial score (nSPS) is 12.1. The maximum Gasteiger partial charge on any atom is 0.253 e. The monoisotopic (exact) mass is 339 g/mol. The quantitative estimate of drug-likeness (QED) is 0.750. The van der Waals surface area contributed by atoms with Gasteiger partial charge in [-0.1, -0.05) is 30.3 Å². The van der Waals surface area contributed by atoms with Crippen LogP contribution >= 0.6 is 0 Å². The molecule has 0 bridgehead atoms. The van der Waals surface area contributed by atoms with Crippen LogP contribution in [-0.2, 0) is 11.8 Å². The van der Waals surface area contributed by atoms with Crippen molar-refractivity contribution >= 4 is 22.7 Å². The zero-order valence-corrected chi connectivity index (χ0v) is 13.7. The Morgan fingerprint density at radius 3 is 2.60 bits per heavy atom. The molecule has 5 nitrogen and oxygen atoms in total. The van der Waals surface area contributed by atoms with E-state index in [4.69, 9.17) is 5.73 Å². The number of hydrogen-bond acceptors (Lipinski definition) is 2. The minimum absolute atomic E-state index is 0.0190. The Morgan fingerprint density at radius 2 is 1.92 bits per heavy atom. The Hall–Kier alpha value is -3.15. The van der Waals surface area contributed by atoms with Gasteiger partial charge in [0.05, 0.1) is 18.0 Å². The van der Waals surface area contributed by atoms with E-state index < -0.39 is 17.8 Å². The fraction of sp³-hybridized carbons (Fsp3) is 0.158. The molecule has 0 aliphatic rings. The van der Waals surface area contributed by atoms with Gasteiger partial charge in [-0.15, -0.1) is 0 Å². The summed E-state index contributed by atoms with van der Waals surface area (Å²) in [5, 5.41) is 3.35. The van der Waals surface area contributed by atoms with Crippen molar-refractivity contribution in [3.8, 4) is 0 Å². The van der Waals surface area contributed by atoms with Gasteiger partial charge in [-0.05, 0) is 23.8 Å². The number of amides is 2. The van der Waals surface area contributed by atoms with Crippen molar-refractivity contribution < 1.29 is 14.0 Å². The van der Waals surface area contributed by atoms with Crippen molar-refractivity contribution in [3.05, 3.63) is 71.7 Å². The molecule has 1 heterocycles. The van der Waals surface area contributed by atoms with Crippen LogP contribution in [0.1, 0.15) is 28.4 Å². The number of benzene rings is 2. The number of carbonyl (C=O) groups is 2. The van der Waals surface area contributed by atoms with Crippen molar-refractivity contribution in [2.45, 2.75) is 12.5 Å². The number of halogens is 1. The molecule has 0 saturated carbocycles. The Kier molecular flexibility index (Phi) is 4.52. The van der Waals surface area contributed by atoms with E-state index in [1.54, 1.807) is 23.9 Å². The number of aryl methyl sites for hydroxylation is 1. The van der Waals surface area contributed by atoms with Gasteiger partial charge in [-0.3, -0.25) is 9.59 Å². The number of primary amides is 1. The molecule has 3 N–H and O–H groups in total. The number of nitrogens with two attached hydrogens (primary N) is 1. The second kappa shape index (κ2) is 6.76. The van der Waals surface area contributed by atoms with E-state index in [2.05, 4.69) is 5.32 Å². The number of carbonyl (C=O) groups excluding carboxylic acids is 2. The molecule has 0 radical (unpaired) electrons. The molecule has 2 amide bonds. The van der Waals surface area contributed by atoms with Gasteiger partial charge >= 0.3 is 0 Å². The molecule has 6 heteroatoms. The summed E-state index contributed by atoms with van der Waals surface area (Å²) < 4.78 is 15.3. The first-order valence-corrected chi connectivity index (χ1v) is 7.84. The van der Waals surface area contributed by atoms with Gasteiger partial charge in [-0.2, -0.15) is 0 Å². The Balaban J connectivity index is 1.94. The van der Waals surface area contributed by atoms with Crippen LogP contribution in [0.3, 0.4) is 0 Å².